The smallest absolute Gasteiger partial charge is 0.321 e. The van der Waals surface area contributed by atoms with Crippen LogP contribution in [-0.4, -0.2) is 45.6 Å². The van der Waals surface area contributed by atoms with E-state index in [0.29, 0.717) is 0 Å². The maximum atomic E-state index is 12.1. The molecule has 1 heterocycles. The monoisotopic (exact) mass is 322 g/mol. The van der Waals surface area contributed by atoms with Crippen LogP contribution >= 0.6 is 23.3 Å². The highest BCUT2D eigenvalue weighted by Crippen LogP contribution is 2.20. The van der Waals surface area contributed by atoms with E-state index in [2.05, 4.69) is 14.9 Å². The second kappa shape index (κ2) is 7.42. The second-order valence-corrected chi connectivity index (χ2v) is 6.23. The zero-order valence-corrected chi connectivity index (χ0v) is 13.9. The third-order valence-corrected chi connectivity index (χ3v) is 4.50. The number of hydrogen-bond acceptors (Lipinski definition) is 5. The van der Waals surface area contributed by atoms with Crippen molar-refractivity contribution < 1.29 is 4.79 Å². The Morgan fingerprint density at radius 1 is 1.43 bits per heavy atom. The van der Waals surface area contributed by atoms with Gasteiger partial charge in [-0.25, -0.2) is 4.79 Å². The molecule has 112 valence electrons. The zero-order valence-electron chi connectivity index (χ0n) is 12.2. The van der Waals surface area contributed by atoms with Gasteiger partial charge in [-0.2, -0.15) is 11.8 Å². The van der Waals surface area contributed by atoms with E-state index in [0.717, 1.165) is 22.7 Å². The summed E-state index contributed by atoms with van der Waals surface area (Å²) in [5, 5.41) is 8.81. The average molecular weight is 322 g/mol. The molecular formula is C14H18N4OS2. The minimum Gasteiger partial charge on any atom is -0.324 e. The van der Waals surface area contributed by atoms with Crippen LogP contribution in [0.25, 0.3) is 11.3 Å². The molecule has 1 aromatic heterocycles. The molecule has 0 saturated heterocycles. The number of carbonyl (C=O) groups is 1. The molecule has 0 aliphatic carbocycles. The van der Waals surface area contributed by atoms with Crippen LogP contribution in [0.5, 0.6) is 0 Å². The Bertz CT molecular complexity index is 571. The summed E-state index contributed by atoms with van der Waals surface area (Å²) in [6, 6.07) is 7.70. The first-order chi connectivity index (χ1) is 10.1. The lowest BCUT2D eigenvalue weighted by molar-refractivity contribution is 0.212. The van der Waals surface area contributed by atoms with Crippen LogP contribution in [-0.2, 0) is 0 Å². The van der Waals surface area contributed by atoms with Crippen LogP contribution in [0.15, 0.2) is 29.6 Å². The molecule has 0 fully saturated rings. The first-order valence-corrected chi connectivity index (χ1v) is 8.75. The lowest BCUT2D eigenvalue weighted by Gasteiger charge is -2.24. The summed E-state index contributed by atoms with van der Waals surface area (Å²) in [4.78, 5) is 13.8. The van der Waals surface area contributed by atoms with Crippen molar-refractivity contribution in [2.75, 3.05) is 24.4 Å². The molecule has 0 radical (unpaired) electrons. The summed E-state index contributed by atoms with van der Waals surface area (Å²) >= 11 is 3.05. The molecule has 7 heteroatoms. The number of amides is 2. The van der Waals surface area contributed by atoms with E-state index in [1.54, 1.807) is 16.7 Å². The van der Waals surface area contributed by atoms with E-state index in [9.17, 15) is 4.79 Å². The van der Waals surface area contributed by atoms with Crippen LogP contribution in [0.2, 0.25) is 0 Å². The van der Waals surface area contributed by atoms with Crippen LogP contribution in [0, 0.1) is 0 Å². The van der Waals surface area contributed by atoms with Gasteiger partial charge in [-0.3, -0.25) is 0 Å². The van der Waals surface area contributed by atoms with Gasteiger partial charge in [0.15, 0.2) is 0 Å². The minimum absolute atomic E-state index is 0.0976. The van der Waals surface area contributed by atoms with E-state index in [1.165, 1.54) is 11.5 Å². The van der Waals surface area contributed by atoms with E-state index >= 15 is 0 Å². The number of carbonyl (C=O) groups excluding carboxylic acids is 1. The first kappa shape index (κ1) is 15.8. The number of urea groups is 1. The lowest BCUT2D eigenvalue weighted by Crippen LogP contribution is -2.39. The fourth-order valence-electron chi connectivity index (χ4n) is 1.78. The number of nitrogens with zero attached hydrogens (tertiary/aromatic N) is 3. The minimum atomic E-state index is -0.0976. The molecule has 2 rings (SSSR count). The van der Waals surface area contributed by atoms with Gasteiger partial charge in [-0.15, -0.1) is 5.10 Å². The molecule has 1 N–H and O–H groups in total. The summed E-state index contributed by atoms with van der Waals surface area (Å²) in [7, 11) is 1.81. The Labute approximate surface area is 132 Å². The Morgan fingerprint density at radius 2 is 2.14 bits per heavy atom. The quantitative estimate of drug-likeness (QED) is 0.916. The van der Waals surface area contributed by atoms with Gasteiger partial charge in [0.25, 0.3) is 0 Å². The molecule has 0 spiro atoms. The van der Waals surface area contributed by atoms with Gasteiger partial charge in [0.05, 0.1) is 0 Å². The topological polar surface area (TPSA) is 58.1 Å². The van der Waals surface area contributed by atoms with E-state index in [4.69, 9.17) is 0 Å². The molecular weight excluding hydrogens is 304 g/mol. The van der Waals surface area contributed by atoms with E-state index < -0.39 is 0 Å². The van der Waals surface area contributed by atoms with Crippen molar-refractivity contribution in [2.45, 2.75) is 13.0 Å². The number of hydrogen-bond donors (Lipinski definition) is 1. The molecule has 1 aromatic carbocycles. The van der Waals surface area contributed by atoms with Gasteiger partial charge in [0.1, 0.15) is 5.69 Å². The summed E-state index contributed by atoms with van der Waals surface area (Å²) in [5.74, 6) is 0.916. The van der Waals surface area contributed by atoms with Crippen LogP contribution < -0.4 is 5.32 Å². The lowest BCUT2D eigenvalue weighted by atomic mass is 10.1. The number of benzene rings is 1. The van der Waals surface area contributed by atoms with Crippen molar-refractivity contribution in [1.29, 1.82) is 0 Å². The second-order valence-electron chi connectivity index (χ2n) is 4.71. The molecule has 0 aliphatic rings. The van der Waals surface area contributed by atoms with E-state index in [1.807, 2.05) is 49.9 Å². The Kier molecular flexibility index (Phi) is 5.58. The summed E-state index contributed by atoms with van der Waals surface area (Å²) in [5.41, 5.74) is 2.62. The fraction of sp³-hybridized carbons (Fsp3) is 0.357. The average Bonchev–Trinajstić information content (AvgIpc) is 3.01. The predicted octanol–water partition coefficient (Wildman–Crippen LogP) is 3.42. The van der Waals surface area contributed by atoms with Crippen molar-refractivity contribution in [1.82, 2.24) is 14.5 Å². The Balaban J connectivity index is 1.98. The molecule has 5 nitrogen and oxygen atoms in total. The van der Waals surface area contributed by atoms with Gasteiger partial charge in [0, 0.05) is 35.5 Å². The third kappa shape index (κ3) is 4.18. The fourth-order valence-corrected chi connectivity index (χ4v) is 2.95. The highest BCUT2D eigenvalue weighted by Gasteiger charge is 2.15. The van der Waals surface area contributed by atoms with Crippen molar-refractivity contribution in [3.63, 3.8) is 0 Å². The first-order valence-electron chi connectivity index (χ1n) is 6.52. The summed E-state index contributed by atoms with van der Waals surface area (Å²) < 4.78 is 3.84. The predicted molar refractivity (Wildman–Crippen MR) is 90.0 cm³/mol. The molecule has 21 heavy (non-hydrogen) atoms. The van der Waals surface area contributed by atoms with Gasteiger partial charge < -0.3 is 10.2 Å². The van der Waals surface area contributed by atoms with E-state index in [-0.39, 0.29) is 12.1 Å². The number of anilines is 1. The SMILES string of the molecule is CSC[C@H](C)N(C)C(=O)Nc1ccc(-c2csnn2)cc1. The van der Waals surface area contributed by atoms with Crippen molar-refractivity contribution in [2.24, 2.45) is 0 Å². The summed E-state index contributed by atoms with van der Waals surface area (Å²) in [6.45, 7) is 2.04. The standard InChI is InChI=1S/C14H18N4OS2/c1-10(8-20-3)18(2)14(19)15-12-6-4-11(5-7-12)13-9-21-17-16-13/h4-7,9-10H,8H2,1-3H3,(H,15,19)/t10-/m0/s1. The number of nitrogens with one attached hydrogen (secondary N) is 1. The van der Waals surface area contributed by atoms with Crippen molar-refractivity contribution >= 4 is 35.0 Å². The van der Waals surface area contributed by atoms with Gasteiger partial charge in [0.2, 0.25) is 0 Å². The molecule has 2 amide bonds. The maximum Gasteiger partial charge on any atom is 0.321 e. The Hall–Kier alpha value is -1.60. The number of rotatable bonds is 5. The Morgan fingerprint density at radius 3 is 2.71 bits per heavy atom. The number of aromatic nitrogens is 2. The summed E-state index contributed by atoms with van der Waals surface area (Å²) in [6.07, 6.45) is 2.04. The van der Waals surface area contributed by atoms with Crippen LogP contribution in [0.4, 0.5) is 10.5 Å². The molecule has 0 unspecified atom stereocenters. The molecule has 0 saturated carbocycles. The van der Waals surface area contributed by atoms with Gasteiger partial charge in [-0.05, 0) is 36.8 Å². The van der Waals surface area contributed by atoms with Crippen molar-refractivity contribution in [3.8, 4) is 11.3 Å². The molecule has 2 aromatic rings. The number of thioether (sulfide) groups is 1. The van der Waals surface area contributed by atoms with Crippen molar-refractivity contribution in [3.05, 3.63) is 29.6 Å². The van der Waals surface area contributed by atoms with Crippen LogP contribution in [0.3, 0.4) is 0 Å². The molecule has 0 bridgehead atoms. The zero-order chi connectivity index (χ0) is 15.2. The largest absolute Gasteiger partial charge is 0.324 e. The normalized spacial score (nSPS) is 12.0. The highest BCUT2D eigenvalue weighted by molar-refractivity contribution is 7.98. The maximum absolute atomic E-state index is 12.1. The van der Waals surface area contributed by atoms with Gasteiger partial charge in [-0.1, -0.05) is 16.6 Å². The third-order valence-electron chi connectivity index (χ3n) is 3.18. The molecule has 1 atom stereocenters. The van der Waals surface area contributed by atoms with Crippen LogP contribution in [0.1, 0.15) is 6.92 Å². The molecule has 0 aliphatic heterocycles. The van der Waals surface area contributed by atoms with Gasteiger partial charge >= 0.3 is 6.03 Å². The highest BCUT2D eigenvalue weighted by atomic mass is 32.2.